The standard InChI is InChI=1S/C29H30/c1-5-21(3)23-15-17-25(18-16-23)29(24-13-10-20(2)11-14-24)28-19-12-22(4)26-8-6-7-9-27(26)28/h6-21H,5H2,1-4H3. The van der Waals surface area contributed by atoms with E-state index in [0.717, 1.165) is 0 Å². The molecule has 0 aromatic heterocycles. The Balaban J connectivity index is 1.95. The minimum atomic E-state index is 0.488. The minimum Gasteiger partial charge on any atom is -0.0773 e. The van der Waals surface area contributed by atoms with Crippen LogP contribution in [0.1, 0.15) is 55.4 Å². The lowest BCUT2D eigenvalue weighted by atomic mass is 9.85. The molecule has 3 aromatic carbocycles. The third kappa shape index (κ3) is 3.85. The zero-order valence-electron chi connectivity index (χ0n) is 17.9. The molecule has 0 saturated heterocycles. The Kier molecular flexibility index (Phi) is 5.53. The molecule has 0 aliphatic heterocycles. The topological polar surface area (TPSA) is 0 Å². The van der Waals surface area contributed by atoms with Crippen molar-refractivity contribution in [2.45, 2.75) is 40.0 Å². The minimum absolute atomic E-state index is 0.488. The molecule has 29 heavy (non-hydrogen) atoms. The van der Waals surface area contributed by atoms with Gasteiger partial charge in [-0.15, -0.1) is 0 Å². The van der Waals surface area contributed by atoms with E-state index in [1.807, 2.05) is 0 Å². The predicted octanol–water partition coefficient (Wildman–Crippen LogP) is 8.23. The maximum atomic E-state index is 2.30. The molecule has 0 radical (unpaired) electrons. The molecule has 0 nitrogen and oxygen atoms in total. The van der Waals surface area contributed by atoms with E-state index in [2.05, 4.69) is 113 Å². The summed E-state index contributed by atoms with van der Waals surface area (Å²) < 4.78 is 0. The summed E-state index contributed by atoms with van der Waals surface area (Å²) in [5.41, 5.74) is 7.93. The van der Waals surface area contributed by atoms with Gasteiger partial charge >= 0.3 is 0 Å². The predicted molar refractivity (Wildman–Crippen MR) is 127 cm³/mol. The first-order valence-electron chi connectivity index (χ1n) is 10.8. The van der Waals surface area contributed by atoms with Gasteiger partial charge < -0.3 is 0 Å². The lowest BCUT2D eigenvalue weighted by molar-refractivity contribution is 0.733. The summed E-state index contributed by atoms with van der Waals surface area (Å²) in [7, 11) is 0. The average molecular weight is 379 g/mol. The molecule has 1 unspecified atom stereocenters. The maximum Gasteiger partial charge on any atom is -0.00328 e. The van der Waals surface area contributed by atoms with Crippen molar-refractivity contribution in [3.8, 4) is 0 Å². The lowest BCUT2D eigenvalue weighted by Crippen LogP contribution is -1.99. The molecule has 1 aliphatic rings. The van der Waals surface area contributed by atoms with Gasteiger partial charge in [-0.05, 0) is 69.4 Å². The summed E-state index contributed by atoms with van der Waals surface area (Å²) in [5, 5.41) is 2.65. The monoisotopic (exact) mass is 378 g/mol. The third-order valence-corrected chi connectivity index (χ3v) is 6.24. The summed E-state index contributed by atoms with van der Waals surface area (Å²) >= 11 is 0. The van der Waals surface area contributed by atoms with Gasteiger partial charge in [0.2, 0.25) is 0 Å². The highest BCUT2D eigenvalue weighted by Crippen LogP contribution is 2.36. The molecule has 3 aromatic rings. The highest BCUT2D eigenvalue weighted by atomic mass is 14.2. The second-order valence-corrected chi connectivity index (χ2v) is 8.31. The maximum absolute atomic E-state index is 2.30. The molecule has 1 aliphatic carbocycles. The van der Waals surface area contributed by atoms with Crippen molar-refractivity contribution in [1.82, 2.24) is 0 Å². The van der Waals surface area contributed by atoms with E-state index in [0.29, 0.717) is 11.8 Å². The van der Waals surface area contributed by atoms with Crippen molar-refractivity contribution in [2.24, 2.45) is 5.92 Å². The fourth-order valence-electron chi connectivity index (χ4n) is 4.16. The van der Waals surface area contributed by atoms with Crippen molar-refractivity contribution in [3.05, 3.63) is 113 Å². The highest BCUT2D eigenvalue weighted by molar-refractivity contribution is 6.01. The molecule has 1 atom stereocenters. The van der Waals surface area contributed by atoms with Gasteiger partial charge in [0.15, 0.2) is 0 Å². The molecule has 0 saturated carbocycles. The Bertz CT molecular complexity index is 1090. The number of aryl methyl sites for hydroxylation is 1. The van der Waals surface area contributed by atoms with Crippen molar-refractivity contribution in [3.63, 3.8) is 0 Å². The number of hydrogen-bond donors (Lipinski definition) is 0. The Morgan fingerprint density at radius 3 is 2.17 bits per heavy atom. The van der Waals surface area contributed by atoms with E-state index in [1.54, 1.807) is 0 Å². The Labute approximate surface area is 175 Å². The van der Waals surface area contributed by atoms with Gasteiger partial charge in [0, 0.05) is 0 Å². The van der Waals surface area contributed by atoms with Crippen molar-refractivity contribution < 1.29 is 0 Å². The SMILES string of the molecule is CCC(C)c1ccc(C(=C2C=CC(C)C=C2)c2ccc(C)c3ccccc23)cc1. The van der Waals surface area contributed by atoms with Crippen LogP contribution in [0.2, 0.25) is 0 Å². The molecule has 0 heterocycles. The first-order chi connectivity index (χ1) is 14.1. The molecular weight excluding hydrogens is 348 g/mol. The summed E-state index contributed by atoms with van der Waals surface area (Å²) in [6, 6.07) is 22.5. The van der Waals surface area contributed by atoms with E-state index in [9.17, 15) is 0 Å². The molecule has 0 amide bonds. The number of benzene rings is 3. The summed E-state index contributed by atoms with van der Waals surface area (Å²) in [4.78, 5) is 0. The normalized spacial score (nSPS) is 17.0. The van der Waals surface area contributed by atoms with E-state index in [1.165, 1.54) is 50.6 Å². The van der Waals surface area contributed by atoms with Crippen molar-refractivity contribution >= 4 is 16.3 Å². The van der Waals surface area contributed by atoms with E-state index >= 15 is 0 Å². The molecule has 0 N–H and O–H groups in total. The Hall–Kier alpha value is -2.86. The second-order valence-electron chi connectivity index (χ2n) is 8.31. The average Bonchev–Trinajstić information content (AvgIpc) is 2.77. The number of allylic oxidation sites excluding steroid dienone is 5. The number of hydrogen-bond acceptors (Lipinski definition) is 0. The fraction of sp³-hybridized carbons (Fsp3) is 0.241. The molecule has 0 spiro atoms. The zero-order valence-corrected chi connectivity index (χ0v) is 17.9. The second kappa shape index (κ2) is 8.25. The van der Waals surface area contributed by atoms with Gasteiger partial charge in [-0.1, -0.05) is 106 Å². The van der Waals surface area contributed by atoms with Crippen LogP contribution in [0.4, 0.5) is 0 Å². The number of fused-ring (bicyclic) bond motifs is 1. The molecule has 0 bridgehead atoms. The quantitative estimate of drug-likeness (QED) is 0.429. The number of rotatable bonds is 4. The van der Waals surface area contributed by atoms with Crippen molar-refractivity contribution in [2.75, 3.05) is 0 Å². The van der Waals surface area contributed by atoms with Crippen LogP contribution in [0.5, 0.6) is 0 Å². The molecule has 4 rings (SSSR count). The summed E-state index contributed by atoms with van der Waals surface area (Å²) in [6.07, 6.45) is 10.3. The van der Waals surface area contributed by atoms with Crippen LogP contribution < -0.4 is 0 Å². The van der Waals surface area contributed by atoms with Crippen LogP contribution in [-0.4, -0.2) is 0 Å². The first kappa shape index (κ1) is 19.5. The Morgan fingerprint density at radius 2 is 1.52 bits per heavy atom. The van der Waals surface area contributed by atoms with Gasteiger partial charge in [0.25, 0.3) is 0 Å². The van der Waals surface area contributed by atoms with Gasteiger partial charge in [-0.25, -0.2) is 0 Å². The summed E-state index contributed by atoms with van der Waals surface area (Å²) in [6.45, 7) is 8.98. The summed E-state index contributed by atoms with van der Waals surface area (Å²) in [5.74, 6) is 1.08. The zero-order chi connectivity index (χ0) is 20.4. The fourth-order valence-corrected chi connectivity index (χ4v) is 4.16. The van der Waals surface area contributed by atoms with Crippen LogP contribution in [0, 0.1) is 12.8 Å². The lowest BCUT2D eigenvalue weighted by Gasteiger charge is -2.18. The van der Waals surface area contributed by atoms with Crippen LogP contribution in [0.15, 0.2) is 90.5 Å². The Morgan fingerprint density at radius 1 is 0.862 bits per heavy atom. The van der Waals surface area contributed by atoms with E-state index in [4.69, 9.17) is 0 Å². The van der Waals surface area contributed by atoms with Gasteiger partial charge in [-0.3, -0.25) is 0 Å². The first-order valence-corrected chi connectivity index (χ1v) is 10.8. The molecule has 0 heteroatoms. The van der Waals surface area contributed by atoms with Crippen molar-refractivity contribution in [1.29, 1.82) is 0 Å². The van der Waals surface area contributed by atoms with Crippen LogP contribution in [-0.2, 0) is 0 Å². The van der Waals surface area contributed by atoms with Crippen LogP contribution in [0.3, 0.4) is 0 Å². The van der Waals surface area contributed by atoms with E-state index in [-0.39, 0.29) is 0 Å². The molecular formula is C29H30. The highest BCUT2D eigenvalue weighted by Gasteiger charge is 2.15. The third-order valence-electron chi connectivity index (χ3n) is 6.24. The molecule has 0 fully saturated rings. The smallest absolute Gasteiger partial charge is 0.00328 e. The molecule has 146 valence electrons. The van der Waals surface area contributed by atoms with Gasteiger partial charge in [0.1, 0.15) is 0 Å². The van der Waals surface area contributed by atoms with Gasteiger partial charge in [0.05, 0.1) is 0 Å². The van der Waals surface area contributed by atoms with E-state index < -0.39 is 0 Å². The van der Waals surface area contributed by atoms with Crippen LogP contribution in [0.25, 0.3) is 16.3 Å². The largest absolute Gasteiger partial charge is 0.0773 e. The van der Waals surface area contributed by atoms with Gasteiger partial charge in [-0.2, -0.15) is 0 Å². The van der Waals surface area contributed by atoms with Crippen LogP contribution >= 0.6 is 0 Å².